The van der Waals surface area contributed by atoms with E-state index in [0.717, 1.165) is 40.5 Å². The molecule has 1 aliphatic carbocycles. The van der Waals surface area contributed by atoms with E-state index in [1.807, 2.05) is 48.9 Å². The highest BCUT2D eigenvalue weighted by Crippen LogP contribution is 2.33. The lowest BCUT2D eigenvalue weighted by Gasteiger charge is -2.16. The van der Waals surface area contributed by atoms with E-state index in [9.17, 15) is 4.79 Å². The Morgan fingerprint density at radius 1 is 1.27 bits per heavy atom. The van der Waals surface area contributed by atoms with Crippen molar-refractivity contribution >= 4 is 22.9 Å². The fraction of sp³-hybridized carbons (Fsp3) is 0.333. The van der Waals surface area contributed by atoms with Crippen LogP contribution in [-0.2, 0) is 12.8 Å². The highest BCUT2D eigenvalue weighted by atomic mass is 32.1. The Labute approximate surface area is 157 Å². The topological polar surface area (TPSA) is 46.9 Å². The third-order valence-corrected chi connectivity index (χ3v) is 6.32. The van der Waals surface area contributed by atoms with Crippen LogP contribution < -0.4 is 5.32 Å². The first-order valence-corrected chi connectivity index (χ1v) is 9.89. The summed E-state index contributed by atoms with van der Waals surface area (Å²) in [5, 5.41) is 7.70. The second kappa shape index (κ2) is 6.72. The average molecular weight is 366 g/mol. The molecule has 1 amide bonds. The smallest absolute Gasteiger partial charge is 0.265 e. The molecule has 3 aromatic rings. The number of carbonyl (C=O) groups is 1. The van der Waals surface area contributed by atoms with Crippen molar-refractivity contribution in [1.82, 2.24) is 9.78 Å². The van der Waals surface area contributed by atoms with E-state index >= 15 is 0 Å². The van der Waals surface area contributed by atoms with Crippen LogP contribution in [0.1, 0.15) is 44.8 Å². The van der Waals surface area contributed by atoms with Crippen molar-refractivity contribution in [2.24, 2.45) is 5.92 Å². The Balaban J connectivity index is 1.60. The summed E-state index contributed by atoms with van der Waals surface area (Å²) in [6.45, 7) is 6.21. The molecule has 0 bridgehead atoms. The van der Waals surface area contributed by atoms with Gasteiger partial charge in [0, 0.05) is 4.88 Å². The molecule has 26 heavy (non-hydrogen) atoms. The van der Waals surface area contributed by atoms with Crippen molar-refractivity contribution in [3.8, 4) is 5.69 Å². The molecule has 0 fully saturated rings. The van der Waals surface area contributed by atoms with Crippen molar-refractivity contribution in [2.45, 2.75) is 40.0 Å². The fourth-order valence-corrected chi connectivity index (χ4v) is 4.74. The van der Waals surface area contributed by atoms with Crippen molar-refractivity contribution < 1.29 is 4.79 Å². The SMILES string of the molecule is Cc1nn(-c2ccccc2)c(C)c1NC(=O)c1cc2c(s1)CCC(C)C2. The number of nitrogens with one attached hydrogen (secondary N) is 1. The molecule has 5 heteroatoms. The number of anilines is 1. The molecule has 1 N–H and O–H groups in total. The first kappa shape index (κ1) is 17.0. The van der Waals surface area contributed by atoms with Crippen molar-refractivity contribution in [3.63, 3.8) is 0 Å². The van der Waals surface area contributed by atoms with Crippen LogP contribution in [0, 0.1) is 19.8 Å². The molecule has 0 radical (unpaired) electrons. The number of amides is 1. The summed E-state index contributed by atoms with van der Waals surface area (Å²) < 4.78 is 1.88. The molecular formula is C21H23N3OS. The summed E-state index contributed by atoms with van der Waals surface area (Å²) >= 11 is 1.64. The minimum Gasteiger partial charge on any atom is -0.318 e. The largest absolute Gasteiger partial charge is 0.318 e. The average Bonchev–Trinajstić information content (AvgIpc) is 3.18. The molecule has 2 aromatic heterocycles. The number of aromatic nitrogens is 2. The molecular weight excluding hydrogens is 342 g/mol. The van der Waals surface area contributed by atoms with E-state index in [4.69, 9.17) is 0 Å². The maximum Gasteiger partial charge on any atom is 0.265 e. The first-order valence-electron chi connectivity index (χ1n) is 9.07. The van der Waals surface area contributed by atoms with E-state index < -0.39 is 0 Å². The Hall–Kier alpha value is -2.40. The molecule has 0 saturated heterocycles. The zero-order valence-corrected chi connectivity index (χ0v) is 16.2. The zero-order valence-electron chi connectivity index (χ0n) is 15.4. The summed E-state index contributed by atoms with van der Waals surface area (Å²) in [5.74, 6) is 0.678. The minimum absolute atomic E-state index is 0.0316. The predicted octanol–water partition coefficient (Wildman–Crippen LogP) is 4.93. The minimum atomic E-state index is -0.0316. The number of para-hydroxylation sites is 1. The number of hydrogen-bond donors (Lipinski definition) is 1. The van der Waals surface area contributed by atoms with E-state index in [1.54, 1.807) is 11.3 Å². The van der Waals surface area contributed by atoms with Gasteiger partial charge in [0.1, 0.15) is 0 Å². The van der Waals surface area contributed by atoms with Gasteiger partial charge in [0.25, 0.3) is 5.91 Å². The highest BCUT2D eigenvalue weighted by Gasteiger charge is 2.22. The van der Waals surface area contributed by atoms with Crippen molar-refractivity contribution in [3.05, 3.63) is 63.1 Å². The predicted molar refractivity (Wildman–Crippen MR) is 106 cm³/mol. The van der Waals surface area contributed by atoms with E-state index in [0.29, 0.717) is 5.92 Å². The van der Waals surface area contributed by atoms with Crippen LogP contribution in [0.25, 0.3) is 5.69 Å². The Bertz CT molecular complexity index is 955. The molecule has 134 valence electrons. The Morgan fingerprint density at radius 2 is 2.04 bits per heavy atom. The van der Waals surface area contributed by atoms with Crippen molar-refractivity contribution in [2.75, 3.05) is 5.32 Å². The molecule has 0 spiro atoms. The molecule has 1 aromatic carbocycles. The third kappa shape index (κ3) is 3.07. The van der Waals surface area contributed by atoms with E-state index in [2.05, 4.69) is 23.4 Å². The van der Waals surface area contributed by atoms with E-state index in [-0.39, 0.29) is 5.91 Å². The van der Waals surface area contributed by atoms with Crippen LogP contribution in [0.2, 0.25) is 0 Å². The lowest BCUT2D eigenvalue weighted by molar-refractivity contribution is 0.103. The second-order valence-corrected chi connectivity index (χ2v) is 8.29. The van der Waals surface area contributed by atoms with E-state index in [1.165, 1.54) is 16.9 Å². The van der Waals surface area contributed by atoms with Crippen LogP contribution >= 0.6 is 11.3 Å². The maximum absolute atomic E-state index is 12.8. The van der Waals surface area contributed by atoms with Gasteiger partial charge in [0.05, 0.1) is 27.6 Å². The first-order chi connectivity index (χ1) is 12.5. The van der Waals surface area contributed by atoms with Gasteiger partial charge in [-0.1, -0.05) is 25.1 Å². The highest BCUT2D eigenvalue weighted by molar-refractivity contribution is 7.14. The number of aryl methyl sites for hydroxylation is 2. The van der Waals surface area contributed by atoms with Gasteiger partial charge in [0.2, 0.25) is 0 Å². The monoisotopic (exact) mass is 365 g/mol. The number of thiophene rings is 1. The summed E-state index contributed by atoms with van der Waals surface area (Å²) in [5.41, 5.74) is 4.92. The Morgan fingerprint density at radius 3 is 2.81 bits per heavy atom. The molecule has 1 atom stereocenters. The normalized spacial score (nSPS) is 16.3. The van der Waals surface area contributed by atoms with Crippen LogP contribution in [0.5, 0.6) is 0 Å². The van der Waals surface area contributed by atoms with Gasteiger partial charge in [-0.15, -0.1) is 11.3 Å². The molecule has 1 aliphatic rings. The zero-order chi connectivity index (χ0) is 18.3. The standard InChI is InChI=1S/C21H23N3OS/c1-13-9-10-18-16(11-13)12-19(26-18)21(25)22-20-14(2)23-24(15(20)3)17-7-5-4-6-8-17/h4-8,12-13H,9-11H2,1-3H3,(H,22,25). The van der Waals surface area contributed by atoms with Crippen LogP contribution in [-0.4, -0.2) is 15.7 Å². The molecule has 0 aliphatic heterocycles. The fourth-order valence-electron chi connectivity index (χ4n) is 3.64. The van der Waals surface area contributed by atoms with Gasteiger partial charge in [-0.25, -0.2) is 4.68 Å². The summed E-state index contributed by atoms with van der Waals surface area (Å²) in [6, 6.07) is 12.1. The number of rotatable bonds is 3. The Kier molecular flexibility index (Phi) is 4.41. The summed E-state index contributed by atoms with van der Waals surface area (Å²) in [7, 11) is 0. The van der Waals surface area contributed by atoms with Crippen LogP contribution in [0.4, 0.5) is 5.69 Å². The van der Waals surface area contributed by atoms with Gasteiger partial charge in [-0.3, -0.25) is 4.79 Å². The molecule has 4 nitrogen and oxygen atoms in total. The lowest BCUT2D eigenvalue weighted by atomic mass is 9.90. The quantitative estimate of drug-likeness (QED) is 0.715. The van der Waals surface area contributed by atoms with Gasteiger partial charge in [-0.05, 0) is 62.8 Å². The van der Waals surface area contributed by atoms with Gasteiger partial charge in [-0.2, -0.15) is 5.10 Å². The third-order valence-electron chi connectivity index (χ3n) is 5.08. The number of fused-ring (bicyclic) bond motifs is 1. The number of nitrogens with zero attached hydrogens (tertiary/aromatic N) is 2. The molecule has 2 heterocycles. The maximum atomic E-state index is 12.8. The van der Waals surface area contributed by atoms with Crippen LogP contribution in [0.15, 0.2) is 36.4 Å². The van der Waals surface area contributed by atoms with Gasteiger partial charge in [0.15, 0.2) is 0 Å². The number of hydrogen-bond acceptors (Lipinski definition) is 3. The second-order valence-electron chi connectivity index (χ2n) is 7.15. The molecule has 0 saturated carbocycles. The van der Waals surface area contributed by atoms with Crippen LogP contribution in [0.3, 0.4) is 0 Å². The van der Waals surface area contributed by atoms with Gasteiger partial charge < -0.3 is 5.32 Å². The molecule has 1 unspecified atom stereocenters. The summed E-state index contributed by atoms with van der Waals surface area (Å²) in [4.78, 5) is 15.0. The van der Waals surface area contributed by atoms with Crippen molar-refractivity contribution in [1.29, 1.82) is 0 Å². The van der Waals surface area contributed by atoms with Gasteiger partial charge >= 0.3 is 0 Å². The lowest BCUT2D eigenvalue weighted by Crippen LogP contribution is -2.11. The summed E-state index contributed by atoms with van der Waals surface area (Å²) in [6.07, 6.45) is 3.40. The molecule has 4 rings (SSSR count). The number of carbonyl (C=O) groups excluding carboxylic acids is 1. The number of benzene rings is 1.